The molecular weight excluding hydrogens is 202 g/mol. The smallest absolute Gasteiger partial charge is 0.227 e. The summed E-state index contributed by atoms with van der Waals surface area (Å²) in [6.45, 7) is 7.79. The second-order valence-corrected chi connectivity index (χ2v) is 3.95. The molecule has 0 radical (unpaired) electrons. The lowest BCUT2D eigenvalue weighted by molar-refractivity contribution is -0.130. The van der Waals surface area contributed by atoms with Crippen molar-refractivity contribution in [3.8, 4) is 0 Å². The quantitative estimate of drug-likeness (QED) is 0.636. The molecule has 1 unspecified atom stereocenters. The molecule has 3 nitrogen and oxygen atoms in total. The van der Waals surface area contributed by atoms with Gasteiger partial charge in [-0.05, 0) is 13.3 Å². The average molecular weight is 218 g/mol. The van der Waals surface area contributed by atoms with Crippen LogP contribution in [0.4, 0.5) is 0 Å². The van der Waals surface area contributed by atoms with E-state index in [-0.39, 0.29) is 12.3 Å². The molecule has 0 aromatic heterocycles. The van der Waals surface area contributed by atoms with E-state index >= 15 is 0 Å². The van der Waals surface area contributed by atoms with Crippen LogP contribution in [0.3, 0.4) is 0 Å². The number of hydrogen-bond donors (Lipinski definition) is 0. The molecule has 1 aliphatic rings. The van der Waals surface area contributed by atoms with Crippen LogP contribution in [-0.2, 0) is 9.53 Å². The topological polar surface area (TPSA) is 32.8 Å². The van der Waals surface area contributed by atoms with Crippen LogP contribution in [0.2, 0.25) is 0 Å². The number of halogens is 1. The van der Waals surface area contributed by atoms with Gasteiger partial charge in [0.2, 0.25) is 5.91 Å². The van der Waals surface area contributed by atoms with Crippen LogP contribution < -0.4 is 0 Å². The molecule has 0 aromatic carbocycles. The SMILES string of the molecule is C=C(Cl)CC(=O)N(CC)CCC1CO1. The van der Waals surface area contributed by atoms with Crippen LogP contribution in [-0.4, -0.2) is 36.6 Å². The zero-order valence-electron chi connectivity index (χ0n) is 8.46. The summed E-state index contributed by atoms with van der Waals surface area (Å²) in [5.74, 6) is 0.0492. The van der Waals surface area contributed by atoms with Crippen molar-refractivity contribution in [2.75, 3.05) is 19.7 Å². The largest absolute Gasteiger partial charge is 0.373 e. The highest BCUT2D eigenvalue weighted by molar-refractivity contribution is 6.30. The number of ether oxygens (including phenoxy) is 1. The highest BCUT2D eigenvalue weighted by Gasteiger charge is 2.23. The molecule has 1 aliphatic heterocycles. The first kappa shape index (κ1) is 11.5. The molecule has 0 spiro atoms. The van der Waals surface area contributed by atoms with Gasteiger partial charge in [-0.3, -0.25) is 4.79 Å². The first-order valence-electron chi connectivity index (χ1n) is 4.86. The van der Waals surface area contributed by atoms with E-state index in [4.69, 9.17) is 16.3 Å². The number of carbonyl (C=O) groups is 1. The fourth-order valence-corrected chi connectivity index (χ4v) is 1.38. The van der Waals surface area contributed by atoms with Gasteiger partial charge >= 0.3 is 0 Å². The molecule has 0 aliphatic carbocycles. The Morgan fingerprint density at radius 3 is 2.79 bits per heavy atom. The minimum atomic E-state index is 0.0492. The van der Waals surface area contributed by atoms with E-state index in [2.05, 4.69) is 6.58 Å². The van der Waals surface area contributed by atoms with Gasteiger partial charge in [0.15, 0.2) is 0 Å². The molecule has 0 bridgehead atoms. The number of rotatable bonds is 6. The summed E-state index contributed by atoms with van der Waals surface area (Å²) >= 11 is 5.58. The Labute approximate surface area is 89.7 Å². The molecule has 1 saturated heterocycles. The molecule has 80 valence electrons. The zero-order valence-corrected chi connectivity index (χ0v) is 9.22. The third kappa shape index (κ3) is 4.11. The first-order valence-corrected chi connectivity index (χ1v) is 5.24. The van der Waals surface area contributed by atoms with Crippen LogP contribution in [0.5, 0.6) is 0 Å². The number of carbonyl (C=O) groups excluding carboxylic acids is 1. The third-order valence-corrected chi connectivity index (χ3v) is 2.33. The predicted molar refractivity (Wildman–Crippen MR) is 56.2 cm³/mol. The summed E-state index contributed by atoms with van der Waals surface area (Å²) in [5, 5.41) is 0.399. The summed E-state index contributed by atoms with van der Waals surface area (Å²) < 4.78 is 5.08. The molecule has 1 heterocycles. The predicted octanol–water partition coefficient (Wildman–Crippen LogP) is 1.77. The molecule has 1 atom stereocenters. The lowest BCUT2D eigenvalue weighted by Crippen LogP contribution is -2.32. The Morgan fingerprint density at radius 1 is 1.71 bits per heavy atom. The second kappa shape index (κ2) is 5.37. The van der Waals surface area contributed by atoms with E-state index in [9.17, 15) is 4.79 Å². The van der Waals surface area contributed by atoms with E-state index in [0.717, 1.165) is 26.1 Å². The van der Waals surface area contributed by atoms with E-state index < -0.39 is 0 Å². The van der Waals surface area contributed by atoms with Gasteiger partial charge in [0.05, 0.1) is 19.1 Å². The van der Waals surface area contributed by atoms with Gasteiger partial charge in [0.1, 0.15) is 0 Å². The molecule has 1 amide bonds. The summed E-state index contributed by atoms with van der Waals surface area (Å²) in [6, 6.07) is 0. The molecule has 1 rings (SSSR count). The van der Waals surface area contributed by atoms with Crippen molar-refractivity contribution in [3.63, 3.8) is 0 Å². The van der Waals surface area contributed by atoms with Crippen LogP contribution in [0, 0.1) is 0 Å². The molecule has 14 heavy (non-hydrogen) atoms. The van der Waals surface area contributed by atoms with Crippen molar-refractivity contribution in [2.45, 2.75) is 25.9 Å². The lowest BCUT2D eigenvalue weighted by atomic mass is 10.3. The van der Waals surface area contributed by atoms with Gasteiger partial charge in [-0.25, -0.2) is 0 Å². The second-order valence-electron chi connectivity index (χ2n) is 3.41. The number of epoxide rings is 1. The monoisotopic (exact) mass is 217 g/mol. The first-order chi connectivity index (χ1) is 6.63. The van der Waals surface area contributed by atoms with Crippen molar-refractivity contribution in [2.24, 2.45) is 0 Å². The van der Waals surface area contributed by atoms with Crippen molar-refractivity contribution >= 4 is 17.5 Å². The summed E-state index contributed by atoms with van der Waals surface area (Å²) in [4.78, 5) is 13.3. The third-order valence-electron chi connectivity index (χ3n) is 2.20. The molecule has 0 N–H and O–H groups in total. The number of nitrogens with zero attached hydrogens (tertiary/aromatic N) is 1. The van der Waals surface area contributed by atoms with Gasteiger partial charge in [-0.2, -0.15) is 0 Å². The maximum Gasteiger partial charge on any atom is 0.227 e. The van der Waals surface area contributed by atoms with Gasteiger partial charge in [0, 0.05) is 18.1 Å². The fraction of sp³-hybridized carbons (Fsp3) is 0.700. The average Bonchev–Trinajstić information content (AvgIpc) is 2.87. The summed E-state index contributed by atoms with van der Waals surface area (Å²) in [7, 11) is 0. The highest BCUT2D eigenvalue weighted by Crippen LogP contribution is 2.15. The van der Waals surface area contributed by atoms with Crippen molar-refractivity contribution in [1.82, 2.24) is 4.90 Å². The van der Waals surface area contributed by atoms with Gasteiger partial charge in [0.25, 0.3) is 0 Å². The van der Waals surface area contributed by atoms with E-state index in [1.54, 1.807) is 4.90 Å². The van der Waals surface area contributed by atoms with Gasteiger partial charge < -0.3 is 9.64 Å². The minimum absolute atomic E-state index is 0.0492. The maximum atomic E-state index is 11.6. The van der Waals surface area contributed by atoms with Crippen molar-refractivity contribution < 1.29 is 9.53 Å². The normalized spacial score (nSPS) is 19.1. The summed E-state index contributed by atoms with van der Waals surface area (Å²) in [6.07, 6.45) is 1.53. The van der Waals surface area contributed by atoms with E-state index in [0.29, 0.717) is 11.1 Å². The Balaban J connectivity index is 2.26. The minimum Gasteiger partial charge on any atom is -0.373 e. The molecular formula is C10H16ClNO2. The standard InChI is InChI=1S/C10H16ClNO2/c1-3-12(5-4-9-7-14-9)10(13)6-8(2)11/h9H,2-7H2,1H3. The fourth-order valence-electron chi connectivity index (χ4n) is 1.27. The van der Waals surface area contributed by atoms with Gasteiger partial charge in [-0.15, -0.1) is 0 Å². The molecule has 0 aromatic rings. The maximum absolute atomic E-state index is 11.6. The van der Waals surface area contributed by atoms with Crippen molar-refractivity contribution in [3.05, 3.63) is 11.6 Å². The molecule has 4 heteroatoms. The highest BCUT2D eigenvalue weighted by atomic mass is 35.5. The van der Waals surface area contributed by atoms with E-state index in [1.165, 1.54) is 0 Å². The Hall–Kier alpha value is -0.540. The van der Waals surface area contributed by atoms with Gasteiger partial charge in [-0.1, -0.05) is 18.2 Å². The molecule has 0 saturated carbocycles. The Bertz CT molecular complexity index is 226. The number of amides is 1. The van der Waals surface area contributed by atoms with Crippen molar-refractivity contribution in [1.29, 1.82) is 0 Å². The molecule has 1 fully saturated rings. The van der Waals surface area contributed by atoms with Crippen LogP contribution >= 0.6 is 11.6 Å². The zero-order chi connectivity index (χ0) is 10.6. The Morgan fingerprint density at radius 2 is 2.36 bits per heavy atom. The van der Waals surface area contributed by atoms with Crippen LogP contribution in [0.15, 0.2) is 11.6 Å². The van der Waals surface area contributed by atoms with E-state index in [1.807, 2.05) is 6.92 Å². The van der Waals surface area contributed by atoms with Crippen LogP contribution in [0.1, 0.15) is 19.8 Å². The Kier molecular flexibility index (Phi) is 4.42. The number of hydrogen-bond acceptors (Lipinski definition) is 2. The lowest BCUT2D eigenvalue weighted by Gasteiger charge is -2.20. The summed E-state index contributed by atoms with van der Waals surface area (Å²) in [5.41, 5.74) is 0. The van der Waals surface area contributed by atoms with Crippen LogP contribution in [0.25, 0.3) is 0 Å².